The molecule has 0 heterocycles. The molecule has 0 radical (unpaired) electrons. The maximum absolute atomic E-state index is 3.34. The Bertz CT molecular complexity index is 762. The molecule has 0 unspecified atom stereocenters. The van der Waals surface area contributed by atoms with Gasteiger partial charge in [-0.2, -0.15) is 0 Å². The van der Waals surface area contributed by atoms with Crippen molar-refractivity contribution >= 4 is 0 Å². The molecule has 0 N–H and O–H groups in total. The van der Waals surface area contributed by atoms with Gasteiger partial charge in [0.15, 0.2) is 0 Å². The van der Waals surface area contributed by atoms with E-state index in [2.05, 4.69) is 88.9 Å². The van der Waals surface area contributed by atoms with Crippen molar-refractivity contribution in [2.75, 3.05) is 0 Å². The van der Waals surface area contributed by atoms with Crippen LogP contribution >= 0.6 is 0 Å². The van der Waals surface area contributed by atoms with E-state index in [1.165, 1.54) is 61.6 Å². The normalized spacial score (nSPS) is 16.5. The van der Waals surface area contributed by atoms with Gasteiger partial charge in [-0.15, -0.1) is 0 Å². The Kier molecular flexibility index (Phi) is 17.4. The topological polar surface area (TPSA) is 0 Å². The highest BCUT2D eigenvalue weighted by Gasteiger charge is 2.17. The van der Waals surface area contributed by atoms with Crippen molar-refractivity contribution in [1.82, 2.24) is 0 Å². The van der Waals surface area contributed by atoms with E-state index in [-0.39, 0.29) is 0 Å². The number of rotatable bonds is 3. The van der Waals surface area contributed by atoms with Crippen LogP contribution in [0.25, 0.3) is 0 Å². The summed E-state index contributed by atoms with van der Waals surface area (Å²) in [6.45, 7) is 18.9. The summed E-state index contributed by atoms with van der Waals surface area (Å²) in [5.74, 6) is 8.51. The van der Waals surface area contributed by atoms with Crippen LogP contribution in [0.5, 0.6) is 0 Å². The van der Waals surface area contributed by atoms with Crippen LogP contribution in [0.1, 0.15) is 115 Å². The zero-order valence-corrected chi connectivity index (χ0v) is 22.6. The molecule has 0 amide bonds. The minimum absolute atomic E-state index is 0.942. The molecule has 2 aromatic rings. The van der Waals surface area contributed by atoms with Gasteiger partial charge in [-0.1, -0.05) is 122 Å². The standard InChI is InChI=1S/C25H30.C3H8.2C2H6/c1-19-4-8-22(9-5-19)12-13-24-15-17-25(21(3)18-24)16-14-23-10-6-20(2)7-11-23;1-3-2;2*1-2/h6-7,10-11,15,17-19,22H,4-5,8-9,12-13H2,1-3H3;3H2,1-2H3;2*1-2H3. The Hall–Kier alpha value is -2.00. The van der Waals surface area contributed by atoms with Gasteiger partial charge >= 0.3 is 0 Å². The van der Waals surface area contributed by atoms with Crippen LogP contribution in [-0.4, -0.2) is 0 Å². The summed E-state index contributed by atoms with van der Waals surface area (Å²) in [5.41, 5.74) is 6.28. The molecule has 0 nitrogen and oxygen atoms in total. The lowest BCUT2D eigenvalue weighted by Gasteiger charge is -2.26. The van der Waals surface area contributed by atoms with E-state index in [0.29, 0.717) is 0 Å². The van der Waals surface area contributed by atoms with Gasteiger partial charge in [-0.25, -0.2) is 0 Å². The van der Waals surface area contributed by atoms with Gasteiger partial charge in [0, 0.05) is 11.1 Å². The first-order valence-electron chi connectivity index (χ1n) is 13.2. The molecule has 0 spiro atoms. The summed E-state index contributed by atoms with van der Waals surface area (Å²) in [5, 5.41) is 0. The fourth-order valence-corrected chi connectivity index (χ4v) is 3.79. The second-order valence-corrected chi connectivity index (χ2v) is 8.64. The molecular formula is C32H50. The first kappa shape index (κ1) is 30.0. The predicted octanol–water partition coefficient (Wildman–Crippen LogP) is 9.93. The average molecular weight is 435 g/mol. The van der Waals surface area contributed by atoms with Crippen molar-refractivity contribution in [2.24, 2.45) is 11.8 Å². The summed E-state index contributed by atoms with van der Waals surface area (Å²) in [6, 6.07) is 15.2. The number of aryl methyl sites for hydroxylation is 3. The van der Waals surface area contributed by atoms with Crippen molar-refractivity contribution < 1.29 is 0 Å². The quantitative estimate of drug-likeness (QED) is 0.421. The zero-order valence-electron chi connectivity index (χ0n) is 22.6. The number of hydrogen-bond acceptors (Lipinski definition) is 0. The molecule has 2 aromatic carbocycles. The molecule has 1 saturated carbocycles. The lowest BCUT2D eigenvalue weighted by Crippen LogP contribution is -2.12. The Morgan fingerprint density at radius 3 is 1.88 bits per heavy atom. The van der Waals surface area contributed by atoms with Gasteiger partial charge in [0.05, 0.1) is 0 Å². The van der Waals surface area contributed by atoms with Crippen molar-refractivity contribution in [1.29, 1.82) is 0 Å². The van der Waals surface area contributed by atoms with Crippen LogP contribution in [0.2, 0.25) is 0 Å². The summed E-state index contributed by atoms with van der Waals surface area (Å²) in [7, 11) is 0. The summed E-state index contributed by atoms with van der Waals surface area (Å²) in [4.78, 5) is 0. The molecule has 178 valence electrons. The molecule has 3 rings (SSSR count). The van der Waals surface area contributed by atoms with Crippen LogP contribution in [0, 0.1) is 37.5 Å². The Morgan fingerprint density at radius 2 is 1.34 bits per heavy atom. The number of benzene rings is 2. The van der Waals surface area contributed by atoms with Crippen molar-refractivity contribution in [3.63, 3.8) is 0 Å². The van der Waals surface area contributed by atoms with Gasteiger partial charge in [0.25, 0.3) is 0 Å². The molecule has 0 atom stereocenters. The lowest BCUT2D eigenvalue weighted by molar-refractivity contribution is 0.278. The van der Waals surface area contributed by atoms with E-state index < -0.39 is 0 Å². The van der Waals surface area contributed by atoms with E-state index in [1.807, 2.05) is 27.7 Å². The minimum Gasteiger partial charge on any atom is -0.0683 e. The van der Waals surface area contributed by atoms with Gasteiger partial charge in [-0.05, 0) is 67.9 Å². The average Bonchev–Trinajstić information content (AvgIpc) is 2.82. The molecule has 1 aliphatic carbocycles. The largest absolute Gasteiger partial charge is 0.0683 e. The summed E-state index contributed by atoms with van der Waals surface area (Å²) < 4.78 is 0. The van der Waals surface area contributed by atoms with Crippen LogP contribution in [0.15, 0.2) is 42.5 Å². The first-order valence-corrected chi connectivity index (χ1v) is 13.2. The third-order valence-corrected chi connectivity index (χ3v) is 5.66. The summed E-state index contributed by atoms with van der Waals surface area (Å²) in [6.07, 6.45) is 9.53. The Balaban J connectivity index is 0.00000124. The lowest BCUT2D eigenvalue weighted by atomic mass is 9.80. The summed E-state index contributed by atoms with van der Waals surface area (Å²) >= 11 is 0. The second-order valence-electron chi connectivity index (χ2n) is 8.64. The monoisotopic (exact) mass is 434 g/mol. The molecule has 0 bridgehead atoms. The van der Waals surface area contributed by atoms with Crippen LogP contribution < -0.4 is 0 Å². The third-order valence-electron chi connectivity index (χ3n) is 5.66. The molecular weight excluding hydrogens is 384 g/mol. The van der Waals surface area contributed by atoms with Gasteiger partial charge in [0.1, 0.15) is 0 Å². The van der Waals surface area contributed by atoms with Gasteiger partial charge in [-0.3, -0.25) is 0 Å². The molecule has 0 heteroatoms. The van der Waals surface area contributed by atoms with E-state index in [4.69, 9.17) is 0 Å². The van der Waals surface area contributed by atoms with Crippen molar-refractivity contribution in [3.8, 4) is 11.8 Å². The first-order chi connectivity index (χ1) is 15.5. The highest BCUT2D eigenvalue weighted by atomic mass is 14.2. The van der Waals surface area contributed by atoms with Gasteiger partial charge < -0.3 is 0 Å². The molecule has 0 aromatic heterocycles. The van der Waals surface area contributed by atoms with E-state index in [0.717, 1.165) is 23.0 Å². The molecule has 32 heavy (non-hydrogen) atoms. The maximum atomic E-state index is 3.34. The molecule has 1 aliphatic rings. The van der Waals surface area contributed by atoms with E-state index in [9.17, 15) is 0 Å². The highest BCUT2D eigenvalue weighted by Crippen LogP contribution is 2.31. The van der Waals surface area contributed by atoms with E-state index in [1.54, 1.807) is 0 Å². The predicted molar refractivity (Wildman–Crippen MR) is 146 cm³/mol. The zero-order chi connectivity index (χ0) is 24.4. The van der Waals surface area contributed by atoms with E-state index >= 15 is 0 Å². The van der Waals surface area contributed by atoms with Crippen LogP contribution in [0.4, 0.5) is 0 Å². The van der Waals surface area contributed by atoms with Crippen molar-refractivity contribution in [2.45, 2.75) is 107 Å². The third kappa shape index (κ3) is 12.1. The highest BCUT2D eigenvalue weighted by molar-refractivity contribution is 5.47. The fourth-order valence-electron chi connectivity index (χ4n) is 3.79. The molecule has 0 aliphatic heterocycles. The van der Waals surface area contributed by atoms with Crippen LogP contribution in [0.3, 0.4) is 0 Å². The molecule has 0 saturated heterocycles. The smallest absolute Gasteiger partial charge is 0.0278 e. The Labute approximate surface area is 201 Å². The second kappa shape index (κ2) is 18.6. The maximum Gasteiger partial charge on any atom is 0.0278 e. The minimum atomic E-state index is 0.942. The SMILES string of the molecule is CC.CC.CCC.Cc1ccc(C#Cc2ccc(CCC3CCC(C)CC3)cc2C)cc1. The fraction of sp³-hybridized carbons (Fsp3) is 0.562. The van der Waals surface area contributed by atoms with Crippen molar-refractivity contribution in [3.05, 3.63) is 70.3 Å². The number of hydrogen-bond donors (Lipinski definition) is 0. The van der Waals surface area contributed by atoms with Gasteiger partial charge in [0.2, 0.25) is 0 Å². The Morgan fingerprint density at radius 1 is 0.781 bits per heavy atom. The molecule has 1 fully saturated rings. The van der Waals surface area contributed by atoms with Crippen LogP contribution in [-0.2, 0) is 6.42 Å².